The number of likely N-dealkylation sites (N-methyl/N-ethyl adjacent to an activating group) is 1. The molecule has 5 heteroatoms. The minimum Gasteiger partial charge on any atom is -0.381 e. The van der Waals surface area contributed by atoms with Crippen LogP contribution in [0.2, 0.25) is 0 Å². The molecule has 2 heterocycles. The van der Waals surface area contributed by atoms with Crippen LogP contribution in [0.4, 0.5) is 0 Å². The molecule has 1 amide bonds. The van der Waals surface area contributed by atoms with Gasteiger partial charge in [0.05, 0.1) is 5.41 Å². The molecule has 18 heavy (non-hydrogen) atoms. The first-order valence-electron chi connectivity index (χ1n) is 7.01. The van der Waals surface area contributed by atoms with Gasteiger partial charge in [-0.3, -0.25) is 4.79 Å². The average Bonchev–Trinajstić information content (AvgIpc) is 2.47. The summed E-state index contributed by atoms with van der Waals surface area (Å²) < 4.78 is 5.36. The van der Waals surface area contributed by atoms with E-state index >= 15 is 0 Å². The number of nitrogens with zero attached hydrogens (tertiary/aromatic N) is 2. The van der Waals surface area contributed by atoms with E-state index in [0.29, 0.717) is 19.8 Å². The molecule has 2 N–H and O–H groups in total. The van der Waals surface area contributed by atoms with Crippen molar-refractivity contribution in [1.29, 1.82) is 0 Å². The Morgan fingerprint density at radius 1 is 1.22 bits per heavy atom. The lowest BCUT2D eigenvalue weighted by molar-refractivity contribution is -0.149. The van der Waals surface area contributed by atoms with Crippen LogP contribution in [0.1, 0.15) is 19.8 Å². The van der Waals surface area contributed by atoms with Crippen molar-refractivity contribution in [2.45, 2.75) is 19.8 Å². The molecule has 2 aliphatic heterocycles. The Labute approximate surface area is 109 Å². The minimum absolute atomic E-state index is 0.254. The third kappa shape index (κ3) is 2.68. The summed E-state index contributed by atoms with van der Waals surface area (Å²) in [6.45, 7) is 8.66. The normalized spacial score (nSPS) is 25.1. The maximum Gasteiger partial charge on any atom is 0.230 e. The predicted molar refractivity (Wildman–Crippen MR) is 70.2 cm³/mol. The van der Waals surface area contributed by atoms with Gasteiger partial charge in [-0.2, -0.15) is 0 Å². The van der Waals surface area contributed by atoms with Gasteiger partial charge in [0, 0.05) is 45.9 Å². The second kappa shape index (κ2) is 5.99. The molecule has 2 fully saturated rings. The molecule has 0 unspecified atom stereocenters. The lowest BCUT2D eigenvalue weighted by Crippen LogP contribution is -2.56. The van der Waals surface area contributed by atoms with Gasteiger partial charge in [0.2, 0.25) is 5.91 Å². The average molecular weight is 255 g/mol. The van der Waals surface area contributed by atoms with Crippen molar-refractivity contribution in [3.05, 3.63) is 0 Å². The zero-order valence-corrected chi connectivity index (χ0v) is 11.4. The van der Waals surface area contributed by atoms with Crippen LogP contribution in [0.5, 0.6) is 0 Å². The van der Waals surface area contributed by atoms with Gasteiger partial charge in [0.1, 0.15) is 0 Å². The molecule has 0 aromatic heterocycles. The minimum atomic E-state index is -0.355. The molecule has 104 valence electrons. The predicted octanol–water partition coefficient (Wildman–Crippen LogP) is -0.0940. The Kier molecular flexibility index (Phi) is 4.59. The maximum atomic E-state index is 12.7. The third-order valence-electron chi connectivity index (χ3n) is 4.40. The second-order valence-electron chi connectivity index (χ2n) is 5.32. The van der Waals surface area contributed by atoms with E-state index in [-0.39, 0.29) is 11.3 Å². The fraction of sp³-hybridized carbons (Fsp3) is 0.923. The molecular weight excluding hydrogens is 230 g/mol. The summed E-state index contributed by atoms with van der Waals surface area (Å²) in [5.41, 5.74) is 5.53. The highest BCUT2D eigenvalue weighted by Gasteiger charge is 2.41. The second-order valence-corrected chi connectivity index (χ2v) is 5.32. The van der Waals surface area contributed by atoms with Crippen LogP contribution < -0.4 is 5.73 Å². The molecular formula is C13H25N3O2. The summed E-state index contributed by atoms with van der Waals surface area (Å²) in [6, 6.07) is 0. The van der Waals surface area contributed by atoms with Crippen molar-refractivity contribution < 1.29 is 9.53 Å². The topological polar surface area (TPSA) is 58.8 Å². The fourth-order valence-corrected chi connectivity index (χ4v) is 2.87. The van der Waals surface area contributed by atoms with Crippen molar-refractivity contribution in [1.82, 2.24) is 9.80 Å². The lowest BCUT2D eigenvalue weighted by Gasteiger charge is -2.42. The van der Waals surface area contributed by atoms with E-state index in [9.17, 15) is 4.79 Å². The van der Waals surface area contributed by atoms with E-state index < -0.39 is 0 Å². The van der Waals surface area contributed by atoms with Crippen molar-refractivity contribution in [3.8, 4) is 0 Å². The lowest BCUT2D eigenvalue weighted by atomic mass is 9.78. The van der Waals surface area contributed by atoms with Crippen molar-refractivity contribution >= 4 is 5.91 Å². The van der Waals surface area contributed by atoms with Gasteiger partial charge in [0.25, 0.3) is 0 Å². The molecule has 0 aromatic carbocycles. The van der Waals surface area contributed by atoms with Crippen molar-refractivity contribution in [3.63, 3.8) is 0 Å². The van der Waals surface area contributed by atoms with Crippen molar-refractivity contribution in [2.24, 2.45) is 11.1 Å². The van der Waals surface area contributed by atoms with Crippen LogP contribution >= 0.6 is 0 Å². The molecule has 2 rings (SSSR count). The highest BCUT2D eigenvalue weighted by atomic mass is 16.5. The zero-order valence-electron chi connectivity index (χ0n) is 11.4. The quantitative estimate of drug-likeness (QED) is 0.765. The first-order chi connectivity index (χ1) is 8.72. The molecule has 0 aliphatic carbocycles. The number of hydrogen-bond acceptors (Lipinski definition) is 4. The van der Waals surface area contributed by atoms with E-state index in [1.807, 2.05) is 4.90 Å². The molecule has 0 aromatic rings. The molecule has 0 radical (unpaired) electrons. The number of carbonyl (C=O) groups excluding carboxylic acids is 1. The van der Waals surface area contributed by atoms with Crippen LogP contribution in [-0.2, 0) is 9.53 Å². The van der Waals surface area contributed by atoms with Crippen LogP contribution in [-0.4, -0.2) is 68.2 Å². The summed E-state index contributed by atoms with van der Waals surface area (Å²) in [6.07, 6.45) is 1.55. The summed E-state index contributed by atoms with van der Waals surface area (Å²) in [5.74, 6) is 0.254. The Balaban J connectivity index is 1.97. The maximum absolute atomic E-state index is 12.7. The smallest absolute Gasteiger partial charge is 0.230 e. The Hall–Kier alpha value is -0.650. The van der Waals surface area contributed by atoms with Gasteiger partial charge >= 0.3 is 0 Å². The number of piperazine rings is 1. The summed E-state index contributed by atoms with van der Waals surface area (Å²) in [5, 5.41) is 0. The number of amides is 1. The molecule has 2 aliphatic rings. The Bertz CT molecular complexity index is 282. The molecule has 0 atom stereocenters. The van der Waals surface area contributed by atoms with Gasteiger partial charge < -0.3 is 20.3 Å². The fourth-order valence-electron chi connectivity index (χ4n) is 2.87. The molecule has 2 saturated heterocycles. The van der Waals surface area contributed by atoms with Gasteiger partial charge in [0.15, 0.2) is 0 Å². The zero-order chi connectivity index (χ0) is 13.0. The number of nitrogens with two attached hydrogens (primary N) is 1. The van der Waals surface area contributed by atoms with Gasteiger partial charge in [-0.1, -0.05) is 6.92 Å². The third-order valence-corrected chi connectivity index (χ3v) is 4.40. The number of hydrogen-bond donors (Lipinski definition) is 1. The highest BCUT2D eigenvalue weighted by Crippen LogP contribution is 2.31. The highest BCUT2D eigenvalue weighted by molar-refractivity contribution is 5.83. The molecule has 0 saturated carbocycles. The Morgan fingerprint density at radius 3 is 2.33 bits per heavy atom. The molecule has 0 bridgehead atoms. The van der Waals surface area contributed by atoms with Crippen LogP contribution in [0.3, 0.4) is 0 Å². The summed E-state index contributed by atoms with van der Waals surface area (Å²) in [4.78, 5) is 17.1. The molecule has 0 spiro atoms. The van der Waals surface area contributed by atoms with E-state index in [0.717, 1.165) is 45.6 Å². The van der Waals surface area contributed by atoms with E-state index in [1.165, 1.54) is 0 Å². The summed E-state index contributed by atoms with van der Waals surface area (Å²) in [7, 11) is 0. The first-order valence-corrected chi connectivity index (χ1v) is 7.01. The van der Waals surface area contributed by atoms with Crippen molar-refractivity contribution in [2.75, 3.05) is 52.5 Å². The number of ether oxygens (including phenoxy) is 1. The van der Waals surface area contributed by atoms with E-state index in [4.69, 9.17) is 10.5 Å². The number of rotatable bonds is 3. The van der Waals surface area contributed by atoms with Gasteiger partial charge in [-0.25, -0.2) is 0 Å². The van der Waals surface area contributed by atoms with Gasteiger partial charge in [-0.15, -0.1) is 0 Å². The van der Waals surface area contributed by atoms with Crippen LogP contribution in [0, 0.1) is 5.41 Å². The van der Waals surface area contributed by atoms with Crippen LogP contribution in [0.25, 0.3) is 0 Å². The SMILES string of the molecule is CCN1CCN(C(=O)C2(CN)CCOCC2)CC1. The monoisotopic (exact) mass is 255 g/mol. The summed E-state index contributed by atoms with van der Waals surface area (Å²) >= 11 is 0. The van der Waals surface area contributed by atoms with E-state index in [1.54, 1.807) is 0 Å². The first kappa shape index (κ1) is 13.8. The molecule has 5 nitrogen and oxygen atoms in total. The largest absolute Gasteiger partial charge is 0.381 e. The van der Waals surface area contributed by atoms with Crippen LogP contribution in [0.15, 0.2) is 0 Å². The van der Waals surface area contributed by atoms with E-state index in [2.05, 4.69) is 11.8 Å². The number of carbonyl (C=O) groups is 1. The Morgan fingerprint density at radius 2 is 1.83 bits per heavy atom. The standard InChI is InChI=1S/C13H25N3O2/c1-2-15-5-7-16(8-6-15)12(17)13(11-14)3-9-18-10-4-13/h2-11,14H2,1H3. The van der Waals surface area contributed by atoms with Gasteiger partial charge in [-0.05, 0) is 19.4 Å².